The minimum absolute atomic E-state index is 0.123. The number of carbonyl (C=O) groups is 2. The number of Topliss-reactive ketones (excluding diaryl/α,β-unsaturated/α-hetero) is 1. The van der Waals surface area contributed by atoms with E-state index in [0.717, 1.165) is 0 Å². The molecular weight excluding hydrogens is 240 g/mol. The molecule has 0 radical (unpaired) electrons. The van der Waals surface area contributed by atoms with Gasteiger partial charge in [-0.2, -0.15) is 5.26 Å². The van der Waals surface area contributed by atoms with Gasteiger partial charge in [-0.05, 0) is 25.1 Å². The Morgan fingerprint density at radius 2 is 2.24 bits per heavy atom. The number of nitrogens with zero attached hydrogens (tertiary/aromatic N) is 1. The molecule has 1 N–H and O–H groups in total. The molecule has 0 fully saturated rings. The lowest BCUT2D eigenvalue weighted by molar-refractivity contribution is -0.129. The van der Waals surface area contributed by atoms with Gasteiger partial charge in [-0.1, -0.05) is 17.7 Å². The number of hydrogen-bond donors (Lipinski definition) is 1. The summed E-state index contributed by atoms with van der Waals surface area (Å²) in [6.07, 6.45) is -0.123. The van der Waals surface area contributed by atoms with Gasteiger partial charge in [0, 0.05) is 10.7 Å². The third-order valence-electron chi connectivity index (χ3n) is 2.19. The third-order valence-corrected chi connectivity index (χ3v) is 2.43. The number of hydrogen-bond acceptors (Lipinski definition) is 3. The largest absolute Gasteiger partial charge is 0.325 e. The molecule has 0 aliphatic rings. The van der Waals surface area contributed by atoms with Gasteiger partial charge >= 0.3 is 0 Å². The summed E-state index contributed by atoms with van der Waals surface area (Å²) in [5.74, 6) is -1.74. The summed E-state index contributed by atoms with van der Waals surface area (Å²) in [4.78, 5) is 22.9. The van der Waals surface area contributed by atoms with Crippen molar-refractivity contribution in [2.24, 2.45) is 5.92 Å². The van der Waals surface area contributed by atoms with Crippen LogP contribution in [0.25, 0.3) is 0 Å². The van der Waals surface area contributed by atoms with Crippen LogP contribution in [-0.2, 0) is 9.59 Å². The molecule has 0 saturated heterocycles. The van der Waals surface area contributed by atoms with E-state index in [4.69, 9.17) is 16.9 Å². The van der Waals surface area contributed by atoms with Crippen molar-refractivity contribution in [2.45, 2.75) is 13.3 Å². The average molecular weight is 251 g/mol. The highest BCUT2D eigenvalue weighted by Gasteiger charge is 2.22. The summed E-state index contributed by atoms with van der Waals surface area (Å²) >= 11 is 5.76. The van der Waals surface area contributed by atoms with Gasteiger partial charge in [0.05, 0.1) is 12.5 Å². The van der Waals surface area contributed by atoms with E-state index in [1.165, 1.54) is 6.92 Å². The van der Waals surface area contributed by atoms with Crippen molar-refractivity contribution in [1.82, 2.24) is 0 Å². The lowest BCUT2D eigenvalue weighted by Crippen LogP contribution is -2.27. The molecule has 4 nitrogen and oxygen atoms in total. The molecule has 0 heterocycles. The molecule has 0 bridgehead atoms. The highest BCUT2D eigenvalue weighted by atomic mass is 35.5. The van der Waals surface area contributed by atoms with Gasteiger partial charge < -0.3 is 5.32 Å². The minimum atomic E-state index is -0.931. The second kappa shape index (κ2) is 6.02. The van der Waals surface area contributed by atoms with Crippen molar-refractivity contribution >= 4 is 29.0 Å². The van der Waals surface area contributed by atoms with Crippen LogP contribution >= 0.6 is 11.6 Å². The highest BCUT2D eigenvalue weighted by Crippen LogP contribution is 2.16. The summed E-state index contributed by atoms with van der Waals surface area (Å²) in [5.41, 5.74) is 0.506. The Morgan fingerprint density at radius 1 is 1.53 bits per heavy atom. The first kappa shape index (κ1) is 13.2. The Morgan fingerprint density at radius 3 is 2.76 bits per heavy atom. The van der Waals surface area contributed by atoms with Gasteiger partial charge in [0.15, 0.2) is 0 Å². The molecule has 1 aromatic carbocycles. The number of carbonyl (C=O) groups excluding carboxylic acids is 2. The molecule has 1 aromatic rings. The number of benzene rings is 1. The second-order valence-corrected chi connectivity index (χ2v) is 3.96. The van der Waals surface area contributed by atoms with Crippen LogP contribution in [0.2, 0.25) is 5.02 Å². The zero-order chi connectivity index (χ0) is 12.8. The molecule has 0 spiro atoms. The van der Waals surface area contributed by atoms with Crippen LogP contribution in [0.15, 0.2) is 24.3 Å². The summed E-state index contributed by atoms with van der Waals surface area (Å²) in [6, 6.07) is 8.41. The standard InChI is InChI=1S/C12H11ClN2O2/c1-8(16)11(5-6-14)12(17)15-10-4-2-3-9(13)7-10/h2-4,7,11H,5H2,1H3,(H,15,17). The molecule has 5 heteroatoms. The molecular formula is C12H11ClN2O2. The van der Waals surface area contributed by atoms with E-state index in [0.29, 0.717) is 10.7 Å². The van der Waals surface area contributed by atoms with Crippen molar-refractivity contribution in [2.75, 3.05) is 5.32 Å². The highest BCUT2D eigenvalue weighted by molar-refractivity contribution is 6.30. The fourth-order valence-electron chi connectivity index (χ4n) is 1.31. The number of rotatable bonds is 4. The van der Waals surface area contributed by atoms with E-state index in [9.17, 15) is 9.59 Å². The maximum Gasteiger partial charge on any atom is 0.235 e. The van der Waals surface area contributed by atoms with Gasteiger partial charge in [0.1, 0.15) is 11.7 Å². The summed E-state index contributed by atoms with van der Waals surface area (Å²) in [6.45, 7) is 1.29. The van der Waals surface area contributed by atoms with Gasteiger partial charge in [-0.3, -0.25) is 9.59 Å². The van der Waals surface area contributed by atoms with Gasteiger partial charge in [-0.25, -0.2) is 0 Å². The van der Waals surface area contributed by atoms with E-state index in [1.54, 1.807) is 24.3 Å². The first-order valence-electron chi connectivity index (χ1n) is 4.98. The van der Waals surface area contributed by atoms with Crippen LogP contribution in [0.4, 0.5) is 5.69 Å². The van der Waals surface area contributed by atoms with Crippen LogP contribution in [0.3, 0.4) is 0 Å². The van der Waals surface area contributed by atoms with Crippen molar-refractivity contribution in [1.29, 1.82) is 5.26 Å². The SMILES string of the molecule is CC(=O)C(CC#N)C(=O)Nc1cccc(Cl)c1. The Hall–Kier alpha value is -1.86. The molecule has 17 heavy (non-hydrogen) atoms. The predicted molar refractivity (Wildman–Crippen MR) is 64.5 cm³/mol. The quantitative estimate of drug-likeness (QED) is 0.834. The molecule has 0 aromatic heterocycles. The van der Waals surface area contributed by atoms with E-state index in [-0.39, 0.29) is 12.2 Å². The minimum Gasteiger partial charge on any atom is -0.325 e. The van der Waals surface area contributed by atoms with Crippen molar-refractivity contribution in [3.63, 3.8) is 0 Å². The lowest BCUT2D eigenvalue weighted by Gasteiger charge is -2.10. The topological polar surface area (TPSA) is 70.0 Å². The first-order chi connectivity index (χ1) is 8.04. The van der Waals surface area contributed by atoms with E-state index in [2.05, 4.69) is 5.32 Å². The van der Waals surface area contributed by atoms with Crippen LogP contribution < -0.4 is 5.32 Å². The van der Waals surface area contributed by atoms with Crippen molar-refractivity contribution < 1.29 is 9.59 Å². The van der Waals surface area contributed by atoms with Crippen molar-refractivity contribution in [3.8, 4) is 6.07 Å². The van der Waals surface area contributed by atoms with Crippen LogP contribution in [0.1, 0.15) is 13.3 Å². The summed E-state index contributed by atoms with van der Waals surface area (Å²) < 4.78 is 0. The fraction of sp³-hybridized carbons (Fsp3) is 0.250. The number of nitriles is 1. The van der Waals surface area contributed by atoms with Crippen molar-refractivity contribution in [3.05, 3.63) is 29.3 Å². The molecule has 1 unspecified atom stereocenters. The first-order valence-corrected chi connectivity index (χ1v) is 5.36. The summed E-state index contributed by atoms with van der Waals surface area (Å²) in [5, 5.41) is 11.6. The number of nitrogens with one attached hydrogen (secondary N) is 1. The Balaban J connectivity index is 2.77. The lowest BCUT2D eigenvalue weighted by atomic mass is 10.0. The molecule has 0 aliphatic carbocycles. The van der Waals surface area contributed by atoms with E-state index < -0.39 is 11.8 Å². The molecule has 1 rings (SSSR count). The van der Waals surface area contributed by atoms with E-state index >= 15 is 0 Å². The average Bonchev–Trinajstić information content (AvgIpc) is 2.25. The molecule has 0 saturated carbocycles. The van der Waals surface area contributed by atoms with Crippen LogP contribution in [0.5, 0.6) is 0 Å². The number of halogens is 1. The Labute approximate surface area is 104 Å². The number of ketones is 1. The van der Waals surface area contributed by atoms with Gasteiger partial charge in [0.2, 0.25) is 5.91 Å². The zero-order valence-corrected chi connectivity index (χ0v) is 9.99. The molecule has 0 aliphatic heterocycles. The smallest absolute Gasteiger partial charge is 0.235 e. The molecule has 1 amide bonds. The predicted octanol–water partition coefficient (Wildman–Crippen LogP) is 2.40. The van der Waals surface area contributed by atoms with Gasteiger partial charge in [-0.15, -0.1) is 0 Å². The monoisotopic (exact) mass is 250 g/mol. The third kappa shape index (κ3) is 3.89. The second-order valence-electron chi connectivity index (χ2n) is 3.53. The summed E-state index contributed by atoms with van der Waals surface area (Å²) in [7, 11) is 0. The van der Waals surface area contributed by atoms with Crippen LogP contribution in [-0.4, -0.2) is 11.7 Å². The maximum atomic E-state index is 11.7. The number of amides is 1. The number of anilines is 1. The molecule has 1 atom stereocenters. The molecule has 88 valence electrons. The zero-order valence-electron chi connectivity index (χ0n) is 9.24. The van der Waals surface area contributed by atoms with E-state index in [1.807, 2.05) is 6.07 Å². The Bertz CT molecular complexity index is 480. The van der Waals surface area contributed by atoms with Gasteiger partial charge in [0.25, 0.3) is 0 Å². The van der Waals surface area contributed by atoms with Crippen LogP contribution in [0, 0.1) is 17.2 Å². The normalized spacial score (nSPS) is 11.4. The Kier molecular flexibility index (Phi) is 4.68. The maximum absolute atomic E-state index is 11.7. The fourth-order valence-corrected chi connectivity index (χ4v) is 1.50.